The number of amides is 1. The molecule has 5 atom stereocenters. The van der Waals surface area contributed by atoms with Gasteiger partial charge in [-0.05, 0) is 42.7 Å². The Hall–Kier alpha value is -1.05. The molecular formula is C20H23ClN2O3S2. The number of aliphatic imine (C=N–C) groups is 1. The second-order valence-electron chi connectivity index (χ2n) is 8.51. The first-order chi connectivity index (χ1) is 13.4. The summed E-state index contributed by atoms with van der Waals surface area (Å²) in [5, 5.41) is 1.30. The van der Waals surface area contributed by atoms with E-state index in [0.717, 1.165) is 23.1 Å². The standard InChI is InChI=1S/C20H23ClN2O3S2/c21-15-4-2-1-3-13(15)9-19(24)22-20-23(16-8-12-5-6-14(16)7-12)17-10-28(25,26)11-18(17)27-20/h1-4,12,14,16-18H,5-11H2/t12-,14-,16-,17+,18-/m1/s1. The van der Waals surface area contributed by atoms with Gasteiger partial charge in [0.1, 0.15) is 0 Å². The summed E-state index contributed by atoms with van der Waals surface area (Å²) in [4.78, 5) is 19.4. The number of nitrogens with zero attached hydrogens (tertiary/aromatic N) is 2. The monoisotopic (exact) mass is 438 g/mol. The van der Waals surface area contributed by atoms with Gasteiger partial charge < -0.3 is 4.90 Å². The third-order valence-electron chi connectivity index (χ3n) is 6.68. The minimum absolute atomic E-state index is 0.00371. The van der Waals surface area contributed by atoms with E-state index in [4.69, 9.17) is 11.6 Å². The quantitative estimate of drug-likeness (QED) is 0.725. The summed E-state index contributed by atoms with van der Waals surface area (Å²) in [6.45, 7) is 0. The number of carbonyl (C=O) groups is 1. The van der Waals surface area contributed by atoms with Gasteiger partial charge >= 0.3 is 0 Å². The van der Waals surface area contributed by atoms with Gasteiger partial charge in [-0.15, -0.1) is 0 Å². The van der Waals surface area contributed by atoms with Crippen LogP contribution < -0.4 is 0 Å². The summed E-state index contributed by atoms with van der Waals surface area (Å²) in [6.07, 6.45) is 5.00. The highest BCUT2D eigenvalue weighted by Gasteiger charge is 2.54. The Kier molecular flexibility index (Phi) is 4.75. The molecular weight excluding hydrogens is 416 g/mol. The molecule has 4 fully saturated rings. The van der Waals surface area contributed by atoms with Crippen molar-refractivity contribution >= 4 is 44.3 Å². The summed E-state index contributed by atoms with van der Waals surface area (Å²) in [7, 11) is -3.01. The topological polar surface area (TPSA) is 66.8 Å². The first-order valence-electron chi connectivity index (χ1n) is 9.90. The third-order valence-corrected chi connectivity index (χ3v) is 10.3. The lowest BCUT2D eigenvalue weighted by Gasteiger charge is -2.36. The number of rotatable bonds is 3. The van der Waals surface area contributed by atoms with E-state index in [0.29, 0.717) is 17.0 Å². The number of amidine groups is 1. The Morgan fingerprint density at radius 2 is 2.00 bits per heavy atom. The maximum Gasteiger partial charge on any atom is 0.252 e. The number of hydrogen-bond donors (Lipinski definition) is 0. The van der Waals surface area contributed by atoms with E-state index >= 15 is 0 Å². The van der Waals surface area contributed by atoms with Gasteiger partial charge in [0.2, 0.25) is 0 Å². The van der Waals surface area contributed by atoms with Gasteiger partial charge in [-0.2, -0.15) is 4.99 Å². The number of fused-ring (bicyclic) bond motifs is 3. The lowest BCUT2D eigenvalue weighted by Crippen LogP contribution is -2.47. The molecule has 2 heterocycles. The number of thioether (sulfide) groups is 1. The Morgan fingerprint density at radius 3 is 2.71 bits per heavy atom. The lowest BCUT2D eigenvalue weighted by molar-refractivity contribution is -0.117. The molecule has 5 nitrogen and oxygen atoms in total. The summed E-state index contributed by atoms with van der Waals surface area (Å²) in [5.74, 6) is 1.52. The molecule has 5 rings (SSSR count). The average molecular weight is 439 g/mol. The number of benzene rings is 1. The summed E-state index contributed by atoms with van der Waals surface area (Å²) in [5.41, 5.74) is 0.774. The van der Waals surface area contributed by atoms with Gasteiger partial charge in [0.05, 0.1) is 24.0 Å². The number of sulfone groups is 1. The molecule has 0 unspecified atom stereocenters. The predicted molar refractivity (Wildman–Crippen MR) is 112 cm³/mol. The predicted octanol–water partition coefficient (Wildman–Crippen LogP) is 3.17. The highest BCUT2D eigenvalue weighted by atomic mass is 35.5. The molecule has 28 heavy (non-hydrogen) atoms. The molecule has 0 radical (unpaired) electrons. The maximum absolute atomic E-state index is 12.7. The van der Waals surface area contributed by atoms with Crippen molar-refractivity contribution in [3.05, 3.63) is 34.9 Å². The molecule has 0 N–H and O–H groups in total. The van der Waals surface area contributed by atoms with Crippen molar-refractivity contribution in [2.24, 2.45) is 16.8 Å². The molecule has 150 valence electrons. The van der Waals surface area contributed by atoms with Crippen molar-refractivity contribution in [1.29, 1.82) is 0 Å². The zero-order chi connectivity index (χ0) is 19.5. The largest absolute Gasteiger partial charge is 0.343 e. The van der Waals surface area contributed by atoms with Gasteiger partial charge in [0.15, 0.2) is 15.0 Å². The van der Waals surface area contributed by atoms with Crippen molar-refractivity contribution < 1.29 is 13.2 Å². The molecule has 4 aliphatic rings. The smallest absolute Gasteiger partial charge is 0.252 e. The van der Waals surface area contributed by atoms with Crippen LogP contribution in [0.1, 0.15) is 31.2 Å². The van der Waals surface area contributed by atoms with Gasteiger partial charge in [-0.3, -0.25) is 4.79 Å². The van der Waals surface area contributed by atoms with Crippen LogP contribution >= 0.6 is 23.4 Å². The molecule has 1 aromatic rings. The van der Waals surface area contributed by atoms with E-state index in [1.807, 2.05) is 18.2 Å². The molecule has 2 saturated carbocycles. The molecule has 2 aliphatic carbocycles. The molecule has 0 spiro atoms. The van der Waals surface area contributed by atoms with E-state index in [-0.39, 0.29) is 35.1 Å². The molecule has 1 amide bonds. The van der Waals surface area contributed by atoms with E-state index in [1.54, 1.807) is 6.07 Å². The first-order valence-corrected chi connectivity index (χ1v) is 13.0. The Labute approximate surface area is 174 Å². The molecule has 0 aromatic heterocycles. The van der Waals surface area contributed by atoms with Crippen LogP contribution in [-0.4, -0.2) is 53.2 Å². The van der Waals surface area contributed by atoms with Gasteiger partial charge in [0, 0.05) is 16.3 Å². The zero-order valence-electron chi connectivity index (χ0n) is 15.5. The second kappa shape index (κ2) is 7.03. The zero-order valence-corrected chi connectivity index (χ0v) is 17.8. The lowest BCUT2D eigenvalue weighted by atomic mass is 9.93. The van der Waals surface area contributed by atoms with Crippen LogP contribution in [-0.2, 0) is 21.1 Å². The molecule has 2 bridgehead atoms. The van der Waals surface area contributed by atoms with Gasteiger partial charge in [-0.1, -0.05) is 48.0 Å². The van der Waals surface area contributed by atoms with Crippen molar-refractivity contribution in [3.8, 4) is 0 Å². The Balaban J connectivity index is 1.42. The number of hydrogen-bond acceptors (Lipinski definition) is 4. The van der Waals surface area contributed by atoms with Crippen LogP contribution in [0.2, 0.25) is 5.02 Å². The van der Waals surface area contributed by atoms with Crippen molar-refractivity contribution in [2.75, 3.05) is 11.5 Å². The highest BCUT2D eigenvalue weighted by molar-refractivity contribution is 8.15. The maximum atomic E-state index is 12.7. The average Bonchev–Trinajstić information content (AvgIpc) is 3.36. The van der Waals surface area contributed by atoms with E-state index in [2.05, 4.69) is 9.89 Å². The summed E-state index contributed by atoms with van der Waals surface area (Å²) < 4.78 is 24.4. The van der Waals surface area contributed by atoms with E-state index in [9.17, 15) is 13.2 Å². The fourth-order valence-electron chi connectivity index (χ4n) is 5.48. The van der Waals surface area contributed by atoms with Crippen LogP contribution in [0.3, 0.4) is 0 Å². The highest BCUT2D eigenvalue weighted by Crippen LogP contribution is 2.51. The van der Waals surface area contributed by atoms with Crippen molar-refractivity contribution in [1.82, 2.24) is 4.90 Å². The fourth-order valence-corrected chi connectivity index (χ4v) is 9.67. The van der Waals surface area contributed by atoms with Gasteiger partial charge in [0.25, 0.3) is 5.91 Å². The second-order valence-corrected chi connectivity index (χ2v) is 12.3. The Morgan fingerprint density at radius 1 is 1.18 bits per heavy atom. The molecule has 1 aromatic carbocycles. The third kappa shape index (κ3) is 3.39. The van der Waals surface area contributed by atoms with Crippen LogP contribution in [0.5, 0.6) is 0 Å². The van der Waals surface area contributed by atoms with Gasteiger partial charge in [-0.25, -0.2) is 8.42 Å². The number of carbonyl (C=O) groups excluding carboxylic acids is 1. The molecule has 2 saturated heterocycles. The minimum atomic E-state index is -3.01. The van der Waals surface area contributed by atoms with E-state index < -0.39 is 9.84 Å². The molecule has 2 aliphatic heterocycles. The van der Waals surface area contributed by atoms with Crippen LogP contribution in [0.15, 0.2) is 29.3 Å². The fraction of sp³-hybridized carbons (Fsp3) is 0.600. The van der Waals surface area contributed by atoms with Crippen molar-refractivity contribution in [2.45, 2.75) is 49.4 Å². The SMILES string of the molecule is O=C(Cc1ccccc1Cl)N=C1S[C@@H]2CS(=O)(=O)C[C@@H]2N1[C@@H]1C[C@@H]2CC[C@@H]1C2. The van der Waals surface area contributed by atoms with Crippen molar-refractivity contribution in [3.63, 3.8) is 0 Å². The Bertz CT molecular complexity index is 949. The first kappa shape index (κ1) is 18.9. The van der Waals surface area contributed by atoms with Crippen LogP contribution in [0.4, 0.5) is 0 Å². The minimum Gasteiger partial charge on any atom is -0.343 e. The molecule has 8 heteroatoms. The number of halogens is 1. The normalized spacial score (nSPS) is 37.0. The summed E-state index contributed by atoms with van der Waals surface area (Å²) in [6, 6.07) is 7.62. The van der Waals surface area contributed by atoms with Crippen LogP contribution in [0.25, 0.3) is 0 Å². The van der Waals surface area contributed by atoms with Crippen LogP contribution in [0, 0.1) is 11.8 Å². The summed E-state index contributed by atoms with van der Waals surface area (Å²) >= 11 is 7.68. The van der Waals surface area contributed by atoms with E-state index in [1.165, 1.54) is 31.0 Å².